The van der Waals surface area contributed by atoms with Crippen molar-refractivity contribution in [3.05, 3.63) is 27.0 Å². The third-order valence-corrected chi connectivity index (χ3v) is 7.55. The number of aromatic nitrogens is 1. The highest BCUT2D eigenvalue weighted by atomic mass is 35.5. The number of anilines is 1. The Hall–Kier alpha value is -1.53. The van der Waals surface area contributed by atoms with Crippen molar-refractivity contribution in [3.63, 3.8) is 0 Å². The van der Waals surface area contributed by atoms with Gasteiger partial charge in [-0.05, 0) is 19.1 Å². The van der Waals surface area contributed by atoms with Crippen LogP contribution >= 0.6 is 34.3 Å². The summed E-state index contributed by atoms with van der Waals surface area (Å²) < 4.78 is 30.6. The van der Waals surface area contributed by atoms with Gasteiger partial charge < -0.3 is 10.1 Å². The molecule has 0 atom stereocenters. The maximum absolute atomic E-state index is 12.3. The quantitative estimate of drug-likeness (QED) is 0.714. The Morgan fingerprint density at radius 2 is 2.04 bits per heavy atom. The molecule has 8 nitrogen and oxygen atoms in total. The lowest BCUT2D eigenvalue weighted by atomic mass is 10.4. The van der Waals surface area contributed by atoms with Crippen LogP contribution in [0.15, 0.2) is 16.3 Å². The zero-order valence-corrected chi connectivity index (χ0v) is 16.6. The second-order valence-electron chi connectivity index (χ2n) is 4.79. The summed E-state index contributed by atoms with van der Waals surface area (Å²) in [5.41, 5.74) is 0.418. The van der Waals surface area contributed by atoms with Crippen LogP contribution in [0.3, 0.4) is 0 Å². The number of halogens is 1. The monoisotopic (exact) mass is 423 g/mol. The van der Waals surface area contributed by atoms with E-state index >= 15 is 0 Å². The number of rotatable bonds is 6. The summed E-state index contributed by atoms with van der Waals surface area (Å²) in [5, 5.41) is 2.66. The standard InChI is InChI=1S/C13H14ClN3O5S3/c1-7-11(12(19)22-3)24-13(15-7)16-9(18)6-17(2)25(20,21)10-5-4-8(14)23-10/h4-5H,6H2,1-3H3,(H,15,16,18). The zero-order chi connectivity index (χ0) is 18.8. The number of carbonyl (C=O) groups excluding carboxylic acids is 2. The average Bonchev–Trinajstić information content (AvgIpc) is 3.12. The number of thiophene rings is 1. The molecule has 0 aliphatic heterocycles. The first kappa shape index (κ1) is 19.8. The fourth-order valence-electron chi connectivity index (χ4n) is 1.77. The second-order valence-corrected chi connectivity index (χ2v) is 9.78. The van der Waals surface area contributed by atoms with Gasteiger partial charge in [-0.2, -0.15) is 4.31 Å². The molecule has 12 heteroatoms. The van der Waals surface area contributed by atoms with E-state index in [4.69, 9.17) is 11.6 Å². The summed E-state index contributed by atoms with van der Waals surface area (Å²) in [7, 11) is -1.28. The van der Waals surface area contributed by atoms with Crippen molar-refractivity contribution in [3.8, 4) is 0 Å². The maximum atomic E-state index is 12.3. The molecular formula is C13H14ClN3O5S3. The number of nitrogens with one attached hydrogen (secondary N) is 1. The number of ether oxygens (including phenoxy) is 1. The molecule has 0 bridgehead atoms. The van der Waals surface area contributed by atoms with E-state index < -0.39 is 28.4 Å². The van der Waals surface area contributed by atoms with Gasteiger partial charge in [-0.15, -0.1) is 11.3 Å². The van der Waals surface area contributed by atoms with Crippen LogP contribution in [0.5, 0.6) is 0 Å². The zero-order valence-electron chi connectivity index (χ0n) is 13.4. The molecule has 0 aliphatic carbocycles. The van der Waals surface area contributed by atoms with E-state index in [-0.39, 0.29) is 14.2 Å². The molecule has 0 aromatic carbocycles. The minimum absolute atomic E-state index is 0.0471. The summed E-state index contributed by atoms with van der Waals surface area (Å²) in [6.07, 6.45) is 0. The fourth-order valence-corrected chi connectivity index (χ4v) is 5.49. The molecular weight excluding hydrogens is 410 g/mol. The van der Waals surface area contributed by atoms with Crippen LogP contribution in [-0.4, -0.2) is 50.3 Å². The van der Waals surface area contributed by atoms with Crippen molar-refractivity contribution in [1.29, 1.82) is 0 Å². The van der Waals surface area contributed by atoms with Gasteiger partial charge in [0.05, 0.1) is 23.7 Å². The Kier molecular flexibility index (Phi) is 6.16. The average molecular weight is 424 g/mol. The number of carbonyl (C=O) groups is 2. The highest BCUT2D eigenvalue weighted by Gasteiger charge is 2.25. The van der Waals surface area contributed by atoms with Crippen LogP contribution in [0.25, 0.3) is 0 Å². The molecule has 0 saturated heterocycles. The highest BCUT2D eigenvalue weighted by molar-refractivity contribution is 7.91. The number of methoxy groups -OCH3 is 1. The van der Waals surface area contributed by atoms with Gasteiger partial charge in [0.2, 0.25) is 5.91 Å². The number of nitrogens with zero attached hydrogens (tertiary/aromatic N) is 2. The minimum Gasteiger partial charge on any atom is -0.465 e. The van der Waals surface area contributed by atoms with E-state index in [0.29, 0.717) is 10.0 Å². The first-order chi connectivity index (χ1) is 11.6. The number of thiazole rings is 1. The van der Waals surface area contributed by atoms with Crippen molar-refractivity contribution < 1.29 is 22.7 Å². The number of aryl methyl sites for hydroxylation is 1. The van der Waals surface area contributed by atoms with Crippen molar-refractivity contribution in [2.45, 2.75) is 11.1 Å². The number of esters is 1. The smallest absolute Gasteiger partial charge is 0.350 e. The number of hydrogen-bond donors (Lipinski definition) is 1. The fraction of sp³-hybridized carbons (Fsp3) is 0.308. The van der Waals surface area contributed by atoms with Gasteiger partial charge in [0.15, 0.2) is 5.13 Å². The minimum atomic E-state index is -3.81. The summed E-state index contributed by atoms with van der Waals surface area (Å²) in [4.78, 5) is 27.9. The molecule has 2 aromatic rings. The second kappa shape index (κ2) is 7.79. The van der Waals surface area contributed by atoms with Gasteiger partial charge in [-0.3, -0.25) is 4.79 Å². The third-order valence-electron chi connectivity index (χ3n) is 2.99. The number of likely N-dealkylation sites (N-methyl/N-ethyl adjacent to an activating group) is 1. The number of amides is 1. The van der Waals surface area contributed by atoms with Crippen LogP contribution in [0, 0.1) is 6.92 Å². The molecule has 1 N–H and O–H groups in total. The molecule has 0 aliphatic rings. The van der Waals surface area contributed by atoms with Gasteiger partial charge in [0.1, 0.15) is 9.09 Å². The Labute approximate surface area is 157 Å². The summed E-state index contributed by atoms with van der Waals surface area (Å²) in [6.45, 7) is 1.19. The number of hydrogen-bond acceptors (Lipinski definition) is 8. The van der Waals surface area contributed by atoms with Gasteiger partial charge >= 0.3 is 5.97 Å². The molecule has 0 radical (unpaired) electrons. The van der Waals surface area contributed by atoms with Crippen LogP contribution in [0.2, 0.25) is 4.34 Å². The summed E-state index contributed by atoms with van der Waals surface area (Å²) in [6, 6.07) is 2.85. The Morgan fingerprint density at radius 1 is 1.36 bits per heavy atom. The molecule has 136 valence electrons. The molecule has 0 spiro atoms. The SMILES string of the molecule is COC(=O)c1sc(NC(=O)CN(C)S(=O)(=O)c2ccc(Cl)s2)nc1C. The highest BCUT2D eigenvalue weighted by Crippen LogP contribution is 2.28. The van der Waals surface area contributed by atoms with Crippen LogP contribution < -0.4 is 5.32 Å². The maximum Gasteiger partial charge on any atom is 0.350 e. The van der Waals surface area contributed by atoms with E-state index in [0.717, 1.165) is 27.0 Å². The van der Waals surface area contributed by atoms with Gasteiger partial charge in [0.25, 0.3) is 10.0 Å². The predicted octanol–water partition coefficient (Wildman–Crippen LogP) is 2.21. The summed E-state index contributed by atoms with van der Waals surface area (Å²) in [5.74, 6) is -1.14. The molecule has 0 saturated carbocycles. The van der Waals surface area contributed by atoms with Gasteiger partial charge in [-0.25, -0.2) is 18.2 Å². The Morgan fingerprint density at radius 3 is 2.60 bits per heavy atom. The first-order valence-electron chi connectivity index (χ1n) is 6.72. The molecule has 0 fully saturated rings. The molecule has 2 aromatic heterocycles. The predicted molar refractivity (Wildman–Crippen MR) is 96.0 cm³/mol. The van der Waals surface area contributed by atoms with Crippen molar-refractivity contribution in [1.82, 2.24) is 9.29 Å². The van der Waals surface area contributed by atoms with Crippen molar-refractivity contribution in [2.24, 2.45) is 0 Å². The van der Waals surface area contributed by atoms with E-state index in [2.05, 4.69) is 15.0 Å². The van der Waals surface area contributed by atoms with Crippen molar-refractivity contribution >= 4 is 61.3 Å². The van der Waals surface area contributed by atoms with Crippen molar-refractivity contribution in [2.75, 3.05) is 26.0 Å². The normalized spacial score (nSPS) is 11.6. The largest absolute Gasteiger partial charge is 0.465 e. The van der Waals surface area contributed by atoms with E-state index in [1.54, 1.807) is 6.92 Å². The van der Waals surface area contributed by atoms with Crippen LogP contribution in [-0.2, 0) is 19.6 Å². The van der Waals surface area contributed by atoms with Crippen LogP contribution in [0.4, 0.5) is 5.13 Å². The number of sulfonamides is 1. The Bertz CT molecular complexity index is 906. The van der Waals surface area contributed by atoms with E-state index in [1.807, 2.05) is 0 Å². The van der Waals surface area contributed by atoms with Gasteiger partial charge in [0, 0.05) is 7.05 Å². The lowest BCUT2D eigenvalue weighted by Gasteiger charge is -2.14. The molecule has 2 heterocycles. The Balaban J connectivity index is 2.06. The summed E-state index contributed by atoms with van der Waals surface area (Å²) >= 11 is 7.61. The van der Waals surface area contributed by atoms with E-state index in [9.17, 15) is 18.0 Å². The lowest BCUT2D eigenvalue weighted by molar-refractivity contribution is -0.116. The molecule has 1 amide bonds. The topological polar surface area (TPSA) is 106 Å². The first-order valence-corrected chi connectivity index (χ1v) is 10.2. The molecule has 2 rings (SSSR count). The van der Waals surface area contributed by atoms with Gasteiger partial charge in [-0.1, -0.05) is 22.9 Å². The van der Waals surface area contributed by atoms with Crippen LogP contribution in [0.1, 0.15) is 15.4 Å². The third kappa shape index (κ3) is 4.55. The molecule has 0 unspecified atom stereocenters. The lowest BCUT2D eigenvalue weighted by Crippen LogP contribution is -2.34. The van der Waals surface area contributed by atoms with E-state index in [1.165, 1.54) is 26.3 Å². The molecule has 25 heavy (non-hydrogen) atoms.